The molecule has 0 saturated heterocycles. The average molecular weight is 307 g/mol. The van der Waals surface area contributed by atoms with Crippen molar-refractivity contribution in [3.05, 3.63) is 53.8 Å². The van der Waals surface area contributed by atoms with E-state index in [1.165, 1.54) is 22.2 Å². The smallest absolute Gasteiger partial charge is 0.0643 e. The highest BCUT2D eigenvalue weighted by atomic mass is 127. The van der Waals surface area contributed by atoms with Crippen LogP contribution in [0.4, 0.5) is 0 Å². The van der Waals surface area contributed by atoms with Gasteiger partial charge in [0.1, 0.15) is 0 Å². The van der Waals surface area contributed by atoms with E-state index in [9.17, 15) is 0 Å². The summed E-state index contributed by atoms with van der Waals surface area (Å²) in [5.74, 6) is 0. The first-order valence-corrected chi connectivity index (χ1v) is 5.96. The van der Waals surface area contributed by atoms with Gasteiger partial charge in [-0.05, 0) is 6.07 Å². The summed E-state index contributed by atoms with van der Waals surface area (Å²) in [5.41, 5.74) is 4.06. The summed E-state index contributed by atoms with van der Waals surface area (Å²) in [6, 6.07) is 8.56. The molecule has 3 rings (SSSR count). The highest BCUT2D eigenvalue weighted by molar-refractivity contribution is 14.1. The third-order valence-corrected chi connectivity index (χ3v) is 3.88. The lowest BCUT2D eigenvalue weighted by atomic mass is 10.1. The number of hydrogen-bond donors (Lipinski definition) is 0. The number of halogens is 1. The van der Waals surface area contributed by atoms with Gasteiger partial charge >= 0.3 is 0 Å². The number of nitrogens with zero attached hydrogens (tertiary/aromatic N) is 1. The van der Waals surface area contributed by atoms with Crippen molar-refractivity contribution < 1.29 is 0 Å². The largest absolute Gasteiger partial charge is 0.285 e. The molecule has 1 heterocycles. The number of rotatable bonds is 0. The number of benzene rings is 1. The van der Waals surface area contributed by atoms with E-state index < -0.39 is 0 Å². The van der Waals surface area contributed by atoms with Crippen molar-refractivity contribution in [3.63, 3.8) is 0 Å². The van der Waals surface area contributed by atoms with Crippen LogP contribution >= 0.6 is 22.9 Å². The first-order valence-electron chi connectivity index (χ1n) is 4.99. The maximum atomic E-state index is 2.38. The Kier molecular flexibility index (Phi) is 2.16. The summed E-state index contributed by atoms with van der Waals surface area (Å²) >= 11 is 2.38. The molecule has 0 unspecified atom stereocenters. The molecule has 1 aliphatic carbocycles. The van der Waals surface area contributed by atoms with E-state index in [-0.39, 0.29) is 0 Å². The second kappa shape index (κ2) is 3.52. The molecule has 15 heavy (non-hydrogen) atoms. The van der Waals surface area contributed by atoms with E-state index in [0.717, 1.165) is 6.42 Å². The molecule has 1 aromatic carbocycles. The van der Waals surface area contributed by atoms with Gasteiger partial charge in [0.2, 0.25) is 0 Å². The monoisotopic (exact) mass is 307 g/mol. The molecule has 0 aliphatic heterocycles. The van der Waals surface area contributed by atoms with Gasteiger partial charge in [-0.1, -0.05) is 42.5 Å². The molecule has 1 aliphatic rings. The maximum Gasteiger partial charge on any atom is 0.0643 e. The molecular weight excluding hydrogens is 297 g/mol. The zero-order chi connectivity index (χ0) is 10.3. The van der Waals surface area contributed by atoms with Gasteiger partial charge in [0.15, 0.2) is 0 Å². The van der Waals surface area contributed by atoms with E-state index in [1.807, 2.05) is 0 Å². The van der Waals surface area contributed by atoms with Gasteiger partial charge in [0.25, 0.3) is 0 Å². The predicted molar refractivity (Wildman–Crippen MR) is 73.2 cm³/mol. The van der Waals surface area contributed by atoms with Crippen molar-refractivity contribution in [2.75, 3.05) is 0 Å². The number of fused-ring (bicyclic) bond motifs is 3. The summed E-state index contributed by atoms with van der Waals surface area (Å²) in [4.78, 5) is 0. The molecule has 0 atom stereocenters. The summed E-state index contributed by atoms with van der Waals surface area (Å²) in [6.07, 6.45) is 9.66. The van der Waals surface area contributed by atoms with Gasteiger partial charge in [0.05, 0.1) is 28.4 Å². The molecule has 0 N–H and O–H groups in total. The van der Waals surface area contributed by atoms with Crippen LogP contribution < -0.4 is 0 Å². The van der Waals surface area contributed by atoms with E-state index in [1.54, 1.807) is 0 Å². The molecular formula is C13H10IN. The van der Waals surface area contributed by atoms with Crippen LogP contribution in [0.5, 0.6) is 0 Å². The number of para-hydroxylation sites is 1. The fraction of sp³-hybridized carbons (Fsp3) is 0.0769. The van der Waals surface area contributed by atoms with Crippen molar-refractivity contribution >= 4 is 39.8 Å². The number of aromatic nitrogens is 1. The molecule has 2 aromatic rings. The minimum atomic E-state index is 1.01. The number of hydrogen-bond acceptors (Lipinski definition) is 0. The van der Waals surface area contributed by atoms with Gasteiger partial charge in [-0.15, -0.1) is 0 Å². The lowest BCUT2D eigenvalue weighted by molar-refractivity contribution is 1.15. The van der Waals surface area contributed by atoms with Crippen LogP contribution in [0.3, 0.4) is 0 Å². The molecule has 0 bridgehead atoms. The van der Waals surface area contributed by atoms with Crippen molar-refractivity contribution in [3.8, 4) is 0 Å². The Labute approximate surface area is 103 Å². The van der Waals surface area contributed by atoms with Crippen molar-refractivity contribution in [2.24, 2.45) is 0 Å². The summed E-state index contributed by atoms with van der Waals surface area (Å²) in [7, 11) is 0. The lowest BCUT2D eigenvalue weighted by Gasteiger charge is -1.98. The Bertz CT molecular complexity index is 575. The topological polar surface area (TPSA) is 4.93 Å². The summed E-state index contributed by atoms with van der Waals surface area (Å²) in [6.45, 7) is 0. The molecule has 0 spiro atoms. The molecule has 0 fully saturated rings. The van der Waals surface area contributed by atoms with Gasteiger partial charge in [0, 0.05) is 23.1 Å². The van der Waals surface area contributed by atoms with Crippen LogP contribution in [-0.4, -0.2) is 2.78 Å². The molecule has 0 saturated carbocycles. The Balaban J connectivity index is 2.44. The second-order valence-electron chi connectivity index (χ2n) is 3.65. The van der Waals surface area contributed by atoms with E-state index in [4.69, 9.17) is 0 Å². The van der Waals surface area contributed by atoms with Gasteiger partial charge in [-0.3, -0.25) is 2.78 Å². The van der Waals surface area contributed by atoms with Crippen LogP contribution in [-0.2, 0) is 6.42 Å². The van der Waals surface area contributed by atoms with Crippen molar-refractivity contribution in [2.45, 2.75) is 6.42 Å². The van der Waals surface area contributed by atoms with Crippen molar-refractivity contribution in [1.29, 1.82) is 0 Å². The zero-order valence-corrected chi connectivity index (χ0v) is 10.3. The quantitative estimate of drug-likeness (QED) is 0.649. The lowest BCUT2D eigenvalue weighted by Crippen LogP contribution is -1.88. The Morgan fingerprint density at radius 1 is 1.13 bits per heavy atom. The van der Waals surface area contributed by atoms with E-state index >= 15 is 0 Å². The highest BCUT2D eigenvalue weighted by Crippen LogP contribution is 2.30. The third kappa shape index (κ3) is 1.35. The van der Waals surface area contributed by atoms with Crippen LogP contribution in [0.25, 0.3) is 17.0 Å². The molecule has 1 nitrogen and oxygen atoms in total. The van der Waals surface area contributed by atoms with Gasteiger partial charge in [-0.2, -0.15) is 0 Å². The molecule has 74 valence electrons. The minimum Gasteiger partial charge on any atom is -0.285 e. The van der Waals surface area contributed by atoms with Crippen molar-refractivity contribution in [1.82, 2.24) is 2.78 Å². The van der Waals surface area contributed by atoms with Crippen LogP contribution in [0.15, 0.2) is 42.5 Å². The fourth-order valence-corrected chi connectivity index (χ4v) is 2.94. The third-order valence-electron chi connectivity index (χ3n) is 2.77. The molecule has 2 heteroatoms. The maximum absolute atomic E-state index is 2.38. The number of allylic oxidation sites excluding steroid dienone is 3. The predicted octanol–water partition coefficient (Wildman–Crippen LogP) is 3.96. The molecule has 0 amide bonds. The van der Waals surface area contributed by atoms with Gasteiger partial charge in [-0.25, -0.2) is 0 Å². The van der Waals surface area contributed by atoms with E-state index in [2.05, 4.69) is 74.2 Å². The first-order chi connectivity index (χ1) is 7.38. The SMILES string of the molecule is In1c2c(c3ccccc31)C=CC=CC2. The zero-order valence-electron chi connectivity index (χ0n) is 8.15. The van der Waals surface area contributed by atoms with Gasteiger partial charge < -0.3 is 0 Å². The van der Waals surface area contributed by atoms with Crippen LogP contribution in [0.2, 0.25) is 0 Å². The Morgan fingerprint density at radius 2 is 2.00 bits per heavy atom. The highest BCUT2D eigenvalue weighted by Gasteiger charge is 2.12. The first kappa shape index (κ1) is 9.21. The normalized spacial score (nSPS) is 14.2. The molecule has 1 aromatic heterocycles. The fourth-order valence-electron chi connectivity index (χ4n) is 2.07. The van der Waals surface area contributed by atoms with E-state index in [0.29, 0.717) is 0 Å². The Hall–Kier alpha value is -1.03. The second-order valence-corrected chi connectivity index (χ2v) is 4.61. The Morgan fingerprint density at radius 3 is 2.93 bits per heavy atom. The average Bonchev–Trinajstić information content (AvgIpc) is 2.48. The standard InChI is InChI=1S/C13H10IN/c14-15-12-8-3-1-2-6-10(12)11-7-4-5-9-13(11)15/h1-7,9H,8H2. The minimum absolute atomic E-state index is 1.01. The summed E-state index contributed by atoms with van der Waals surface area (Å²) < 4.78 is 2.27. The summed E-state index contributed by atoms with van der Waals surface area (Å²) in [5, 5.41) is 1.35. The van der Waals surface area contributed by atoms with Crippen LogP contribution in [0.1, 0.15) is 11.3 Å². The van der Waals surface area contributed by atoms with Crippen LogP contribution in [0, 0.1) is 0 Å². The molecule has 0 radical (unpaired) electrons.